The van der Waals surface area contributed by atoms with Gasteiger partial charge in [0.25, 0.3) is 0 Å². The van der Waals surface area contributed by atoms with Crippen molar-refractivity contribution in [3.8, 4) is 0 Å². The van der Waals surface area contributed by atoms with Crippen LogP contribution in [-0.4, -0.2) is 113 Å². The highest BCUT2D eigenvalue weighted by atomic mass is 28.4. The van der Waals surface area contributed by atoms with Crippen molar-refractivity contribution in [2.45, 2.75) is 211 Å². The average Bonchev–Trinajstić information content (AvgIpc) is 3.86. The lowest BCUT2D eigenvalue weighted by atomic mass is 9.78. The number of ether oxygens (including phenoxy) is 8. The first-order valence-corrected chi connectivity index (χ1v) is 24.9. The molecular formula is C44H80O12Si. The number of hydrogen-bond donors (Lipinski definition) is 1. The molecule has 0 aromatic heterocycles. The highest BCUT2D eigenvalue weighted by Gasteiger charge is 2.62. The van der Waals surface area contributed by atoms with Crippen LogP contribution in [-0.2, 0) is 52.2 Å². The van der Waals surface area contributed by atoms with Gasteiger partial charge in [0.15, 0.2) is 11.6 Å². The molecule has 0 bridgehead atoms. The van der Waals surface area contributed by atoms with Gasteiger partial charge < -0.3 is 43.0 Å². The Morgan fingerprint density at radius 3 is 2.25 bits per heavy atom. The Morgan fingerprint density at radius 2 is 1.65 bits per heavy atom. The summed E-state index contributed by atoms with van der Waals surface area (Å²) in [5.74, 6) is -2.50. The minimum atomic E-state index is -2.14. The van der Waals surface area contributed by atoms with Crippen LogP contribution in [0.2, 0.25) is 18.1 Å². The number of methoxy groups -OCH3 is 3. The van der Waals surface area contributed by atoms with Gasteiger partial charge in [0.1, 0.15) is 6.61 Å². The summed E-state index contributed by atoms with van der Waals surface area (Å²) in [6, 6.07) is 0. The van der Waals surface area contributed by atoms with Crippen molar-refractivity contribution < 1.29 is 57.3 Å². The van der Waals surface area contributed by atoms with Crippen LogP contribution in [0.15, 0.2) is 0 Å². The molecule has 5 aliphatic heterocycles. The van der Waals surface area contributed by atoms with E-state index in [0.717, 1.165) is 38.5 Å². The van der Waals surface area contributed by atoms with Crippen LogP contribution in [0.1, 0.15) is 128 Å². The number of esters is 1. The number of hydrogen-bond acceptors (Lipinski definition) is 12. The molecule has 12 nitrogen and oxygen atoms in total. The largest absolute Gasteiger partial charge is 0.469 e. The van der Waals surface area contributed by atoms with Crippen molar-refractivity contribution in [3.05, 3.63) is 0 Å². The molecule has 0 saturated carbocycles. The second-order valence-corrected chi connectivity index (χ2v) is 25.3. The third-order valence-electron chi connectivity index (χ3n) is 15.7. The number of aliphatic hydroxyl groups is 1. The monoisotopic (exact) mass is 829 g/mol. The number of carbonyl (C=O) groups is 1. The normalized spacial score (nSPS) is 44.6. The quantitative estimate of drug-likeness (QED) is 0.0789. The molecule has 5 heterocycles. The SMILES string of the molecule is CC[C@@]1([C@@H]2O[C@@H]([C@H]3O[C@](COO[Si](C)(C)C(C)(C)C)(OC)[C@H](C)C[C@@H]3C)C[C@@H]2C)CC[C@H]([C@]2(C)CC[C@]3(C[C@H](O)[C@@H](C)[C@@H]([C@@H](C)[C@@H](OC)[C@H](C)C(=O)OC)O3)O2)O1. The molecule has 332 valence electrons. The molecule has 1 N–H and O–H groups in total. The maximum absolute atomic E-state index is 12.5. The second-order valence-electron chi connectivity index (χ2n) is 20.6. The van der Waals surface area contributed by atoms with Crippen molar-refractivity contribution in [1.82, 2.24) is 0 Å². The van der Waals surface area contributed by atoms with Gasteiger partial charge in [-0.25, -0.2) is 4.89 Å². The lowest BCUT2D eigenvalue weighted by molar-refractivity contribution is -0.371. The van der Waals surface area contributed by atoms with Gasteiger partial charge in [0.2, 0.25) is 8.32 Å². The Hall–Kier alpha value is -0.713. The molecule has 13 heteroatoms. The van der Waals surface area contributed by atoms with Crippen LogP contribution in [0, 0.1) is 35.5 Å². The minimum absolute atomic E-state index is 0.0128. The van der Waals surface area contributed by atoms with Crippen LogP contribution < -0.4 is 0 Å². The number of rotatable bonds is 14. The summed E-state index contributed by atoms with van der Waals surface area (Å²) >= 11 is 0. The highest BCUT2D eigenvalue weighted by molar-refractivity contribution is 6.73. The molecule has 5 saturated heterocycles. The third kappa shape index (κ3) is 9.11. The Balaban J connectivity index is 1.27. The maximum Gasteiger partial charge on any atom is 0.311 e. The molecular weight excluding hydrogens is 749 g/mol. The smallest absolute Gasteiger partial charge is 0.311 e. The van der Waals surface area contributed by atoms with Gasteiger partial charge in [-0.05, 0) is 82.3 Å². The van der Waals surface area contributed by atoms with Crippen molar-refractivity contribution in [1.29, 1.82) is 0 Å². The van der Waals surface area contributed by atoms with Gasteiger partial charge in [0, 0.05) is 44.8 Å². The number of aliphatic hydroxyl groups excluding tert-OH is 1. The lowest BCUT2D eigenvalue weighted by Crippen LogP contribution is -2.57. The third-order valence-corrected chi connectivity index (χ3v) is 19.8. The standard InChI is InChI=1S/C44H80O12Si/c1-17-42(38-27(3)23-33(51-38)35-26(2)22-28(4)44(49-14,54-35)25-50-56-57(15,16)40(8,9)10)19-18-34(52-42)41(11)20-21-43(55-41)24-32(45)29(5)37(53-43)30(6)36(47-12)31(7)39(46)48-13/h26-38,45H,17-25H2,1-16H3/t26-,27-,28+,29+,30-,31-,32-,33+,34+,35-,36+,37-,38+,41-,42-,43+,44-/m0/s1. The summed E-state index contributed by atoms with van der Waals surface area (Å²) in [5.41, 5.74) is -1.09. The number of carbonyl (C=O) groups excluding carboxylic acids is 1. The molecule has 1 spiro atoms. The summed E-state index contributed by atoms with van der Waals surface area (Å²) in [4.78, 5) is 18.5. The van der Waals surface area contributed by atoms with Crippen LogP contribution >= 0.6 is 0 Å². The zero-order chi connectivity index (χ0) is 42.5. The predicted octanol–water partition coefficient (Wildman–Crippen LogP) is 7.98. The fraction of sp³-hybridized carbons (Fsp3) is 0.977. The topological polar surface area (TPSA) is 130 Å². The fourth-order valence-corrected chi connectivity index (χ4v) is 11.4. The average molecular weight is 829 g/mol. The predicted molar refractivity (Wildman–Crippen MR) is 219 cm³/mol. The summed E-state index contributed by atoms with van der Waals surface area (Å²) in [6.45, 7) is 28.0. The van der Waals surface area contributed by atoms with E-state index in [0.29, 0.717) is 12.8 Å². The molecule has 0 amide bonds. The van der Waals surface area contributed by atoms with Crippen molar-refractivity contribution >= 4 is 14.3 Å². The first kappa shape index (κ1) is 47.3. The Morgan fingerprint density at radius 1 is 0.965 bits per heavy atom. The van der Waals surface area contributed by atoms with Gasteiger partial charge in [0.05, 0.1) is 67.0 Å². The van der Waals surface area contributed by atoms with Crippen LogP contribution in [0.4, 0.5) is 0 Å². The van der Waals surface area contributed by atoms with E-state index >= 15 is 0 Å². The molecule has 0 unspecified atom stereocenters. The van der Waals surface area contributed by atoms with Crippen molar-refractivity contribution in [2.75, 3.05) is 27.9 Å². The molecule has 5 aliphatic rings. The fourth-order valence-electron chi connectivity index (χ4n) is 10.8. The first-order chi connectivity index (χ1) is 26.5. The Labute approximate surface area is 345 Å². The van der Waals surface area contributed by atoms with Crippen LogP contribution in [0.25, 0.3) is 0 Å². The molecule has 17 atom stereocenters. The van der Waals surface area contributed by atoms with E-state index in [-0.39, 0.29) is 71.6 Å². The molecule has 0 aromatic carbocycles. The first-order valence-electron chi connectivity index (χ1n) is 22.0. The highest BCUT2D eigenvalue weighted by Crippen LogP contribution is 2.55. The molecule has 0 aromatic rings. The van der Waals surface area contributed by atoms with Gasteiger partial charge >= 0.3 is 5.97 Å². The van der Waals surface area contributed by atoms with E-state index in [1.165, 1.54) is 7.11 Å². The molecule has 57 heavy (non-hydrogen) atoms. The molecule has 5 rings (SSSR count). The van der Waals surface area contributed by atoms with E-state index in [2.05, 4.69) is 68.5 Å². The van der Waals surface area contributed by atoms with Crippen molar-refractivity contribution in [2.24, 2.45) is 35.5 Å². The van der Waals surface area contributed by atoms with Crippen LogP contribution in [0.3, 0.4) is 0 Å². The summed E-state index contributed by atoms with van der Waals surface area (Å²) < 4.78 is 58.5. The zero-order valence-electron chi connectivity index (χ0n) is 38.3. The van der Waals surface area contributed by atoms with Gasteiger partial charge in [-0.3, -0.25) is 9.37 Å². The van der Waals surface area contributed by atoms with E-state index in [4.69, 9.17) is 47.4 Å². The summed E-state index contributed by atoms with van der Waals surface area (Å²) in [6.07, 6.45) is 4.00. The van der Waals surface area contributed by atoms with Crippen molar-refractivity contribution in [3.63, 3.8) is 0 Å². The van der Waals surface area contributed by atoms with E-state index in [9.17, 15) is 9.90 Å². The summed E-state index contributed by atoms with van der Waals surface area (Å²) in [7, 11) is 2.56. The van der Waals surface area contributed by atoms with Gasteiger partial charge in [-0.2, -0.15) is 0 Å². The lowest BCUT2D eigenvalue weighted by Gasteiger charge is -2.49. The van der Waals surface area contributed by atoms with Gasteiger partial charge in [-0.1, -0.05) is 62.3 Å². The molecule has 0 radical (unpaired) electrons. The van der Waals surface area contributed by atoms with E-state index in [1.807, 2.05) is 20.8 Å². The summed E-state index contributed by atoms with van der Waals surface area (Å²) in [5, 5.41) is 11.5. The van der Waals surface area contributed by atoms with E-state index < -0.39 is 55.3 Å². The zero-order valence-corrected chi connectivity index (χ0v) is 39.3. The Kier molecular flexibility index (Phi) is 14.6. The van der Waals surface area contributed by atoms with E-state index in [1.54, 1.807) is 14.2 Å². The maximum atomic E-state index is 12.5. The van der Waals surface area contributed by atoms with Gasteiger partial charge in [-0.15, -0.1) is 0 Å². The molecule has 5 fully saturated rings. The Bertz CT molecular complexity index is 1360. The second kappa shape index (κ2) is 17.6. The molecule has 0 aliphatic carbocycles. The van der Waals surface area contributed by atoms with Crippen LogP contribution in [0.5, 0.6) is 0 Å². The minimum Gasteiger partial charge on any atom is -0.469 e.